The number of aromatic amines is 1. The molecule has 0 aliphatic carbocycles. The van der Waals surface area contributed by atoms with Gasteiger partial charge in [-0.05, 0) is 44.1 Å². The Morgan fingerprint density at radius 2 is 2.00 bits per heavy atom. The minimum atomic E-state index is -0.851. The van der Waals surface area contributed by atoms with Gasteiger partial charge in [0, 0.05) is 40.0 Å². The highest BCUT2D eigenvalue weighted by Crippen LogP contribution is 2.36. The SMILES string of the molecule is O=C(O)[C@H](c1c[nH]c2ccccc12)N1CCC(c2noc3cc(F)ccc23)CC1. The van der Waals surface area contributed by atoms with Crippen molar-refractivity contribution in [2.45, 2.75) is 24.8 Å². The number of aliphatic carboxylic acids is 1. The fourth-order valence-corrected chi connectivity index (χ4v) is 4.46. The van der Waals surface area contributed by atoms with Gasteiger partial charge >= 0.3 is 5.97 Å². The highest BCUT2D eigenvalue weighted by Gasteiger charge is 2.34. The van der Waals surface area contributed by atoms with Gasteiger partial charge in [0.2, 0.25) is 0 Å². The van der Waals surface area contributed by atoms with E-state index in [1.54, 1.807) is 12.3 Å². The van der Waals surface area contributed by atoms with Crippen LogP contribution in [-0.4, -0.2) is 39.2 Å². The molecular formula is C22H20FN3O3. The van der Waals surface area contributed by atoms with Gasteiger partial charge in [0.25, 0.3) is 0 Å². The molecule has 29 heavy (non-hydrogen) atoms. The van der Waals surface area contributed by atoms with Crippen LogP contribution in [0, 0.1) is 5.82 Å². The van der Waals surface area contributed by atoms with Gasteiger partial charge in [0.05, 0.1) is 5.69 Å². The number of likely N-dealkylation sites (tertiary alicyclic amines) is 1. The Hall–Kier alpha value is -3.19. The number of halogens is 1. The minimum Gasteiger partial charge on any atom is -0.480 e. The molecule has 0 amide bonds. The molecule has 1 aliphatic rings. The van der Waals surface area contributed by atoms with Crippen molar-refractivity contribution in [2.24, 2.45) is 0 Å². The summed E-state index contributed by atoms with van der Waals surface area (Å²) >= 11 is 0. The van der Waals surface area contributed by atoms with Gasteiger partial charge in [-0.25, -0.2) is 4.39 Å². The third-order valence-corrected chi connectivity index (χ3v) is 5.89. The van der Waals surface area contributed by atoms with Crippen molar-refractivity contribution < 1.29 is 18.8 Å². The van der Waals surface area contributed by atoms with E-state index < -0.39 is 12.0 Å². The number of hydrogen-bond donors (Lipinski definition) is 2. The van der Waals surface area contributed by atoms with Gasteiger partial charge in [-0.15, -0.1) is 0 Å². The first-order valence-electron chi connectivity index (χ1n) is 9.69. The Morgan fingerprint density at radius 3 is 2.79 bits per heavy atom. The number of benzene rings is 2. The van der Waals surface area contributed by atoms with E-state index in [0.29, 0.717) is 18.7 Å². The first-order chi connectivity index (χ1) is 14.1. The molecule has 0 spiro atoms. The highest BCUT2D eigenvalue weighted by atomic mass is 19.1. The summed E-state index contributed by atoms with van der Waals surface area (Å²) in [5.74, 6) is -1.04. The van der Waals surface area contributed by atoms with Crippen molar-refractivity contribution in [3.8, 4) is 0 Å². The molecule has 2 aromatic heterocycles. The van der Waals surface area contributed by atoms with Gasteiger partial charge in [-0.2, -0.15) is 0 Å². The molecule has 0 radical (unpaired) electrons. The Morgan fingerprint density at radius 1 is 1.21 bits per heavy atom. The van der Waals surface area contributed by atoms with Crippen LogP contribution < -0.4 is 0 Å². The Kier molecular flexibility index (Phi) is 4.32. The van der Waals surface area contributed by atoms with E-state index in [9.17, 15) is 14.3 Å². The summed E-state index contributed by atoms with van der Waals surface area (Å²) in [6.45, 7) is 1.27. The van der Waals surface area contributed by atoms with Crippen molar-refractivity contribution in [3.05, 3.63) is 65.7 Å². The maximum Gasteiger partial charge on any atom is 0.325 e. The first-order valence-corrected chi connectivity index (χ1v) is 9.69. The van der Waals surface area contributed by atoms with Crippen LogP contribution in [0.25, 0.3) is 21.9 Å². The summed E-state index contributed by atoms with van der Waals surface area (Å²) in [5.41, 5.74) is 3.00. The molecule has 0 saturated carbocycles. The monoisotopic (exact) mass is 393 g/mol. The molecule has 0 unspecified atom stereocenters. The largest absolute Gasteiger partial charge is 0.480 e. The summed E-state index contributed by atoms with van der Waals surface area (Å²) < 4.78 is 18.7. The van der Waals surface area contributed by atoms with Crippen molar-refractivity contribution >= 4 is 27.8 Å². The van der Waals surface area contributed by atoms with E-state index in [1.165, 1.54) is 12.1 Å². The molecule has 1 aliphatic heterocycles. The number of rotatable bonds is 4. The average molecular weight is 393 g/mol. The van der Waals surface area contributed by atoms with Crippen molar-refractivity contribution in [3.63, 3.8) is 0 Å². The molecule has 3 heterocycles. The zero-order valence-electron chi connectivity index (χ0n) is 15.6. The maximum atomic E-state index is 13.4. The number of carboxylic acids is 1. The quantitative estimate of drug-likeness (QED) is 0.535. The number of piperidine rings is 1. The molecular weight excluding hydrogens is 373 g/mol. The number of para-hydroxylation sites is 1. The van der Waals surface area contributed by atoms with Crippen LogP contribution in [-0.2, 0) is 4.79 Å². The lowest BCUT2D eigenvalue weighted by Gasteiger charge is -2.35. The highest BCUT2D eigenvalue weighted by molar-refractivity contribution is 5.89. The second-order valence-corrected chi connectivity index (χ2v) is 7.55. The fourth-order valence-electron chi connectivity index (χ4n) is 4.46. The zero-order chi connectivity index (χ0) is 20.0. The molecule has 1 saturated heterocycles. The molecule has 148 valence electrons. The van der Waals surface area contributed by atoms with Gasteiger partial charge in [0.15, 0.2) is 5.58 Å². The lowest BCUT2D eigenvalue weighted by molar-refractivity contribution is -0.144. The summed E-state index contributed by atoms with van der Waals surface area (Å²) in [5, 5.41) is 15.9. The second-order valence-electron chi connectivity index (χ2n) is 7.55. The molecule has 5 rings (SSSR count). The van der Waals surface area contributed by atoms with Crippen LogP contribution in [0.4, 0.5) is 4.39 Å². The van der Waals surface area contributed by atoms with E-state index in [4.69, 9.17) is 4.52 Å². The number of aromatic nitrogens is 2. The number of H-pyrrole nitrogens is 1. The third kappa shape index (κ3) is 3.07. The van der Waals surface area contributed by atoms with Crippen molar-refractivity contribution in [1.29, 1.82) is 0 Å². The van der Waals surface area contributed by atoms with Crippen LogP contribution in [0.15, 0.2) is 53.2 Å². The lowest BCUT2D eigenvalue weighted by atomic mass is 9.90. The molecule has 2 aromatic carbocycles. The van der Waals surface area contributed by atoms with Gasteiger partial charge in [0.1, 0.15) is 11.9 Å². The van der Waals surface area contributed by atoms with Crippen LogP contribution in [0.3, 0.4) is 0 Å². The number of nitrogens with one attached hydrogen (secondary N) is 1. The molecule has 6 nitrogen and oxygen atoms in total. The summed E-state index contributed by atoms with van der Waals surface area (Å²) in [4.78, 5) is 17.3. The van der Waals surface area contributed by atoms with E-state index in [2.05, 4.69) is 10.1 Å². The number of carbonyl (C=O) groups is 1. The van der Waals surface area contributed by atoms with Gasteiger partial charge in [-0.3, -0.25) is 9.69 Å². The smallest absolute Gasteiger partial charge is 0.325 e. The van der Waals surface area contributed by atoms with E-state index in [0.717, 1.165) is 40.4 Å². The summed E-state index contributed by atoms with van der Waals surface area (Å²) in [7, 11) is 0. The third-order valence-electron chi connectivity index (χ3n) is 5.89. The number of nitrogens with zero attached hydrogens (tertiary/aromatic N) is 2. The molecule has 2 N–H and O–H groups in total. The molecule has 1 fully saturated rings. The van der Waals surface area contributed by atoms with Crippen LogP contribution in [0.5, 0.6) is 0 Å². The molecule has 7 heteroatoms. The van der Waals surface area contributed by atoms with Crippen LogP contribution in [0.2, 0.25) is 0 Å². The Labute approximate surface area is 165 Å². The summed E-state index contributed by atoms with van der Waals surface area (Å²) in [6, 6.07) is 11.5. The van der Waals surface area contributed by atoms with Gasteiger partial charge < -0.3 is 14.6 Å². The average Bonchev–Trinajstić information content (AvgIpc) is 3.33. The Bertz CT molecular complexity index is 1190. The maximum absolute atomic E-state index is 13.4. The van der Waals surface area contributed by atoms with E-state index in [-0.39, 0.29) is 11.7 Å². The first kappa shape index (κ1) is 17.9. The van der Waals surface area contributed by atoms with E-state index >= 15 is 0 Å². The zero-order valence-corrected chi connectivity index (χ0v) is 15.6. The van der Waals surface area contributed by atoms with Crippen LogP contribution in [0.1, 0.15) is 36.1 Å². The summed E-state index contributed by atoms with van der Waals surface area (Å²) in [6.07, 6.45) is 3.34. The molecule has 0 bridgehead atoms. The fraction of sp³-hybridized carbons (Fsp3) is 0.273. The van der Waals surface area contributed by atoms with Crippen LogP contribution >= 0.6 is 0 Å². The van der Waals surface area contributed by atoms with Crippen molar-refractivity contribution in [2.75, 3.05) is 13.1 Å². The molecule has 4 aromatic rings. The van der Waals surface area contributed by atoms with Crippen molar-refractivity contribution in [1.82, 2.24) is 15.0 Å². The second kappa shape index (κ2) is 7.00. The minimum absolute atomic E-state index is 0.162. The number of fused-ring (bicyclic) bond motifs is 2. The Balaban J connectivity index is 1.39. The molecule has 1 atom stereocenters. The van der Waals surface area contributed by atoms with E-state index in [1.807, 2.05) is 29.2 Å². The standard InChI is InChI=1S/C22H20FN3O3/c23-14-5-6-16-19(11-14)29-25-20(16)13-7-9-26(10-8-13)21(22(27)28)17-12-24-18-4-2-1-3-15(17)18/h1-6,11-13,21,24H,7-10H2,(H,27,28)/t21-/m0/s1. The normalized spacial score (nSPS) is 17.1. The topological polar surface area (TPSA) is 82.4 Å². The number of hydrogen-bond acceptors (Lipinski definition) is 4. The number of carboxylic acid groups (broad SMARTS) is 1. The van der Waals surface area contributed by atoms with Gasteiger partial charge in [-0.1, -0.05) is 23.4 Å². The predicted molar refractivity (Wildman–Crippen MR) is 106 cm³/mol. The predicted octanol–water partition coefficient (Wildman–Crippen LogP) is 4.45. The lowest BCUT2D eigenvalue weighted by Crippen LogP contribution is -2.39.